The van der Waals surface area contributed by atoms with Crippen LogP contribution in [0.5, 0.6) is 0 Å². The van der Waals surface area contributed by atoms with Gasteiger partial charge in [-0.15, -0.1) is 0 Å². The average molecular weight is 258 g/mol. The highest BCUT2D eigenvalue weighted by molar-refractivity contribution is 8.00. The summed E-state index contributed by atoms with van der Waals surface area (Å²) in [4.78, 5) is 2.68. The normalized spacial score (nSPS) is 28.2. The minimum atomic E-state index is 0.753. The molecule has 0 aromatic heterocycles. The predicted molar refractivity (Wildman–Crippen MR) is 79.6 cm³/mol. The first-order chi connectivity index (χ1) is 8.19. The molecule has 17 heavy (non-hydrogen) atoms. The molecule has 0 radical (unpaired) electrons. The molecule has 3 unspecified atom stereocenters. The Balaban J connectivity index is 2.20. The van der Waals surface area contributed by atoms with Gasteiger partial charge in [-0.1, -0.05) is 20.3 Å². The second-order valence-corrected chi connectivity index (χ2v) is 6.83. The molecule has 0 aliphatic carbocycles. The molecule has 1 aliphatic rings. The second kappa shape index (κ2) is 8.39. The quantitative estimate of drug-likeness (QED) is 0.761. The third-order valence-corrected chi connectivity index (χ3v) is 5.56. The first-order valence-corrected chi connectivity index (χ1v) is 8.29. The monoisotopic (exact) mass is 258 g/mol. The Morgan fingerprint density at radius 1 is 1.35 bits per heavy atom. The van der Waals surface area contributed by atoms with Gasteiger partial charge in [0.15, 0.2) is 0 Å². The van der Waals surface area contributed by atoms with Crippen LogP contribution >= 0.6 is 11.8 Å². The third kappa shape index (κ3) is 5.19. The van der Waals surface area contributed by atoms with Crippen LogP contribution in [0.2, 0.25) is 0 Å². The van der Waals surface area contributed by atoms with Gasteiger partial charge in [0.2, 0.25) is 0 Å². The number of nitrogens with two attached hydrogens (primary N) is 1. The highest BCUT2D eigenvalue weighted by Gasteiger charge is 2.24. The molecule has 0 saturated carbocycles. The summed E-state index contributed by atoms with van der Waals surface area (Å²) >= 11 is 2.12. The van der Waals surface area contributed by atoms with Gasteiger partial charge in [-0.25, -0.2) is 0 Å². The van der Waals surface area contributed by atoms with Crippen LogP contribution in [0.3, 0.4) is 0 Å². The van der Waals surface area contributed by atoms with Crippen molar-refractivity contribution in [2.24, 2.45) is 11.7 Å². The zero-order valence-electron chi connectivity index (χ0n) is 11.8. The first-order valence-electron chi connectivity index (χ1n) is 7.24. The van der Waals surface area contributed by atoms with Crippen LogP contribution in [0.1, 0.15) is 46.5 Å². The second-order valence-electron chi connectivity index (χ2n) is 5.35. The van der Waals surface area contributed by atoms with Gasteiger partial charge in [-0.3, -0.25) is 4.90 Å². The van der Waals surface area contributed by atoms with Gasteiger partial charge in [0.1, 0.15) is 0 Å². The summed E-state index contributed by atoms with van der Waals surface area (Å²) in [6.07, 6.45) is 5.20. The van der Waals surface area contributed by atoms with Gasteiger partial charge in [0.05, 0.1) is 0 Å². The Kier molecular flexibility index (Phi) is 7.56. The van der Waals surface area contributed by atoms with Crippen molar-refractivity contribution in [1.82, 2.24) is 4.90 Å². The van der Waals surface area contributed by atoms with Crippen molar-refractivity contribution in [3.8, 4) is 0 Å². The van der Waals surface area contributed by atoms with E-state index in [1.54, 1.807) is 0 Å². The number of hydrogen-bond donors (Lipinski definition) is 1. The summed E-state index contributed by atoms with van der Waals surface area (Å²) in [5.41, 5.74) is 5.65. The van der Waals surface area contributed by atoms with Gasteiger partial charge in [0.25, 0.3) is 0 Å². The van der Waals surface area contributed by atoms with Crippen molar-refractivity contribution < 1.29 is 0 Å². The van der Waals surface area contributed by atoms with Crippen molar-refractivity contribution in [2.75, 3.05) is 25.4 Å². The minimum Gasteiger partial charge on any atom is -0.330 e. The zero-order valence-corrected chi connectivity index (χ0v) is 12.6. The molecule has 1 rings (SSSR count). The number of thioether (sulfide) groups is 1. The molecule has 1 heterocycles. The predicted octanol–water partition coefficient (Wildman–Crippen LogP) is 2.97. The number of hydrogen-bond acceptors (Lipinski definition) is 3. The van der Waals surface area contributed by atoms with Gasteiger partial charge in [0, 0.05) is 23.6 Å². The van der Waals surface area contributed by atoms with Gasteiger partial charge >= 0.3 is 0 Å². The Hall–Kier alpha value is 0.270. The lowest BCUT2D eigenvalue weighted by Gasteiger charge is -2.37. The molecule has 0 spiro atoms. The molecule has 102 valence electrons. The fourth-order valence-corrected chi connectivity index (χ4v) is 3.84. The fraction of sp³-hybridized carbons (Fsp3) is 1.00. The highest BCUT2D eigenvalue weighted by Crippen LogP contribution is 2.25. The summed E-state index contributed by atoms with van der Waals surface area (Å²) in [5.74, 6) is 2.16. The number of nitrogens with zero attached hydrogens (tertiary/aromatic N) is 1. The van der Waals surface area contributed by atoms with Gasteiger partial charge in [-0.2, -0.15) is 11.8 Å². The van der Waals surface area contributed by atoms with E-state index in [-0.39, 0.29) is 0 Å². The smallest absolute Gasteiger partial charge is 0.0184 e. The topological polar surface area (TPSA) is 29.3 Å². The molecule has 0 amide bonds. The zero-order chi connectivity index (χ0) is 12.7. The summed E-state index contributed by atoms with van der Waals surface area (Å²) in [6.45, 7) is 10.5. The summed E-state index contributed by atoms with van der Waals surface area (Å²) in [7, 11) is 0. The van der Waals surface area contributed by atoms with Gasteiger partial charge < -0.3 is 5.73 Å². The lowest BCUT2D eigenvalue weighted by molar-refractivity contribution is 0.203. The van der Waals surface area contributed by atoms with E-state index >= 15 is 0 Å². The molecule has 0 bridgehead atoms. The SMILES string of the molecule is CCC(CCN)CCCN1CCSC(C)C1C. The summed E-state index contributed by atoms with van der Waals surface area (Å²) < 4.78 is 0. The molecule has 3 atom stereocenters. The lowest BCUT2D eigenvalue weighted by Crippen LogP contribution is -2.45. The minimum absolute atomic E-state index is 0.753. The van der Waals surface area contributed by atoms with Crippen LogP contribution in [-0.4, -0.2) is 41.6 Å². The van der Waals surface area contributed by atoms with Gasteiger partial charge in [-0.05, 0) is 45.2 Å². The lowest BCUT2D eigenvalue weighted by atomic mass is 9.96. The van der Waals surface area contributed by atoms with Crippen molar-refractivity contribution >= 4 is 11.8 Å². The van der Waals surface area contributed by atoms with Crippen molar-refractivity contribution in [3.63, 3.8) is 0 Å². The van der Waals surface area contributed by atoms with Crippen LogP contribution in [0.4, 0.5) is 0 Å². The Labute approximate surface area is 112 Å². The van der Waals surface area contributed by atoms with E-state index in [0.29, 0.717) is 0 Å². The standard InChI is InChI=1S/C14H30N2S/c1-4-14(7-8-15)6-5-9-16-10-11-17-13(3)12(16)2/h12-14H,4-11,15H2,1-3H3. The molecule has 1 saturated heterocycles. The van der Waals surface area contributed by atoms with Crippen LogP contribution in [0.15, 0.2) is 0 Å². The Morgan fingerprint density at radius 3 is 2.76 bits per heavy atom. The van der Waals surface area contributed by atoms with Crippen LogP contribution in [-0.2, 0) is 0 Å². The van der Waals surface area contributed by atoms with E-state index in [2.05, 4.69) is 37.4 Å². The van der Waals surface area contributed by atoms with E-state index < -0.39 is 0 Å². The molecule has 2 N–H and O–H groups in total. The summed E-state index contributed by atoms with van der Waals surface area (Å²) in [6, 6.07) is 0.753. The molecule has 0 aromatic rings. The third-order valence-electron chi connectivity index (χ3n) is 4.22. The van der Waals surface area contributed by atoms with E-state index in [1.165, 1.54) is 44.5 Å². The molecule has 1 fully saturated rings. The largest absolute Gasteiger partial charge is 0.330 e. The first kappa shape index (κ1) is 15.3. The fourth-order valence-electron chi connectivity index (χ4n) is 2.68. The van der Waals surface area contributed by atoms with Crippen molar-refractivity contribution in [3.05, 3.63) is 0 Å². The molecule has 1 aliphatic heterocycles. The van der Waals surface area contributed by atoms with E-state index in [0.717, 1.165) is 23.8 Å². The highest BCUT2D eigenvalue weighted by atomic mass is 32.2. The molecule has 3 heteroatoms. The average Bonchev–Trinajstić information content (AvgIpc) is 2.33. The maximum atomic E-state index is 5.65. The van der Waals surface area contributed by atoms with Crippen LogP contribution in [0.25, 0.3) is 0 Å². The molecular weight excluding hydrogens is 228 g/mol. The van der Waals surface area contributed by atoms with E-state index in [4.69, 9.17) is 5.73 Å². The maximum absolute atomic E-state index is 5.65. The Morgan fingerprint density at radius 2 is 2.12 bits per heavy atom. The van der Waals surface area contributed by atoms with E-state index in [1.807, 2.05) is 0 Å². The van der Waals surface area contributed by atoms with Crippen molar-refractivity contribution in [1.29, 1.82) is 0 Å². The molecule has 0 aromatic carbocycles. The van der Waals surface area contributed by atoms with Crippen LogP contribution < -0.4 is 5.73 Å². The van der Waals surface area contributed by atoms with Crippen molar-refractivity contribution in [2.45, 2.75) is 57.7 Å². The molecular formula is C14H30N2S. The maximum Gasteiger partial charge on any atom is 0.0184 e. The van der Waals surface area contributed by atoms with Crippen LogP contribution in [0, 0.1) is 5.92 Å². The number of rotatable bonds is 7. The molecule has 2 nitrogen and oxygen atoms in total. The summed E-state index contributed by atoms with van der Waals surface area (Å²) in [5, 5.41) is 0.801. The van der Waals surface area contributed by atoms with E-state index in [9.17, 15) is 0 Å². The Bertz CT molecular complexity index is 199.